The molecule has 0 atom stereocenters. The Morgan fingerprint density at radius 2 is 1.82 bits per heavy atom. The van der Waals surface area contributed by atoms with Gasteiger partial charge in [-0.3, -0.25) is 14.4 Å². The fraction of sp³-hybridized carbons (Fsp3) is 0.231. The fourth-order valence-corrected chi connectivity index (χ4v) is 6.36. The van der Waals surface area contributed by atoms with Crippen LogP contribution in [-0.4, -0.2) is 33.4 Å². The molecule has 2 aromatic carbocycles. The summed E-state index contributed by atoms with van der Waals surface area (Å²) in [5.74, 6) is 1.68. The van der Waals surface area contributed by atoms with E-state index < -0.39 is 0 Å². The topological polar surface area (TPSA) is 63.4 Å². The Kier molecular flexibility index (Phi) is 5.12. The Labute approximate surface area is 206 Å². The summed E-state index contributed by atoms with van der Waals surface area (Å²) < 4.78 is 2.16. The first-order valence-corrected chi connectivity index (χ1v) is 12.5. The van der Waals surface area contributed by atoms with E-state index in [9.17, 15) is 4.79 Å². The van der Waals surface area contributed by atoms with E-state index in [1.54, 1.807) is 24.1 Å². The predicted octanol–water partition coefficient (Wildman–Crippen LogP) is 5.41. The lowest BCUT2D eigenvalue weighted by Gasteiger charge is -2.18. The highest BCUT2D eigenvalue weighted by atomic mass is 35.5. The summed E-state index contributed by atoms with van der Waals surface area (Å²) in [7, 11) is 1.77. The van der Waals surface area contributed by atoms with Gasteiger partial charge < -0.3 is 4.90 Å². The number of aromatic nitrogens is 3. The van der Waals surface area contributed by atoms with Gasteiger partial charge >= 0.3 is 0 Å². The maximum absolute atomic E-state index is 13.1. The standard InChI is InChI=1S/C26H22ClN5OS/c1-15-29-30-22-14-28-24(23-20-4-3-5-21(20)34-26(23)32(15)22)16-6-8-17(9-7-16)25(33)31(2)19-12-10-18(27)11-13-19/h6-13H,3-5,14H2,1-2H3. The van der Waals surface area contributed by atoms with Crippen LogP contribution in [0.4, 0.5) is 5.69 Å². The fourth-order valence-electron chi connectivity index (χ4n) is 4.78. The summed E-state index contributed by atoms with van der Waals surface area (Å²) in [6.07, 6.45) is 3.36. The molecule has 0 saturated carbocycles. The number of carbonyl (C=O) groups is 1. The van der Waals surface area contributed by atoms with E-state index in [0.29, 0.717) is 17.1 Å². The molecule has 1 aliphatic heterocycles. The number of thiophene rings is 1. The first-order chi connectivity index (χ1) is 16.5. The third kappa shape index (κ3) is 3.38. The van der Waals surface area contributed by atoms with Gasteiger partial charge in [0.05, 0.1) is 5.71 Å². The quantitative estimate of drug-likeness (QED) is 0.388. The Hall–Kier alpha value is -3.29. The second-order valence-corrected chi connectivity index (χ2v) is 10.1. The highest BCUT2D eigenvalue weighted by Gasteiger charge is 2.30. The molecule has 8 heteroatoms. The number of aryl methyl sites for hydroxylation is 2. The molecular formula is C26H22ClN5OS. The number of nitrogens with zero attached hydrogens (tertiary/aromatic N) is 5. The van der Waals surface area contributed by atoms with E-state index in [0.717, 1.165) is 41.5 Å². The Morgan fingerprint density at radius 3 is 2.59 bits per heavy atom. The van der Waals surface area contributed by atoms with Gasteiger partial charge in [-0.1, -0.05) is 23.7 Å². The number of rotatable bonds is 3. The van der Waals surface area contributed by atoms with Crippen LogP contribution < -0.4 is 4.90 Å². The largest absolute Gasteiger partial charge is 0.311 e. The average molecular weight is 488 g/mol. The van der Waals surface area contributed by atoms with Crippen LogP contribution in [0.3, 0.4) is 0 Å². The van der Waals surface area contributed by atoms with Crippen molar-refractivity contribution in [1.82, 2.24) is 14.8 Å². The molecule has 0 N–H and O–H groups in total. The van der Waals surface area contributed by atoms with Crippen LogP contribution in [0.2, 0.25) is 5.02 Å². The van der Waals surface area contributed by atoms with Crippen molar-refractivity contribution in [2.75, 3.05) is 11.9 Å². The highest BCUT2D eigenvalue weighted by Crippen LogP contribution is 2.41. The van der Waals surface area contributed by atoms with Gasteiger partial charge in [0.1, 0.15) is 17.4 Å². The van der Waals surface area contributed by atoms with Gasteiger partial charge in [-0.2, -0.15) is 0 Å². The smallest absolute Gasteiger partial charge is 0.258 e. The number of anilines is 1. The Morgan fingerprint density at radius 1 is 1.06 bits per heavy atom. The highest BCUT2D eigenvalue weighted by molar-refractivity contribution is 7.15. The number of amides is 1. The number of aliphatic imine (C=N–C) groups is 1. The predicted molar refractivity (Wildman–Crippen MR) is 136 cm³/mol. The van der Waals surface area contributed by atoms with Crippen molar-refractivity contribution in [3.05, 3.63) is 92.3 Å². The van der Waals surface area contributed by atoms with Crippen molar-refractivity contribution in [1.29, 1.82) is 0 Å². The molecular weight excluding hydrogens is 466 g/mol. The summed E-state index contributed by atoms with van der Waals surface area (Å²) in [5, 5.41) is 10.5. The van der Waals surface area contributed by atoms with E-state index in [1.165, 1.54) is 27.4 Å². The lowest BCUT2D eigenvalue weighted by molar-refractivity contribution is 0.0993. The number of carbonyl (C=O) groups excluding carboxylic acids is 1. The first kappa shape index (κ1) is 21.3. The summed E-state index contributed by atoms with van der Waals surface area (Å²) in [6, 6.07) is 15.0. The molecule has 34 heavy (non-hydrogen) atoms. The Bertz CT molecular complexity index is 1450. The molecule has 2 aliphatic rings. The molecule has 6 nitrogen and oxygen atoms in total. The molecule has 0 bridgehead atoms. The minimum absolute atomic E-state index is 0.0735. The van der Waals surface area contributed by atoms with Crippen molar-refractivity contribution >= 4 is 40.2 Å². The zero-order valence-electron chi connectivity index (χ0n) is 18.9. The molecule has 6 rings (SSSR count). The molecule has 3 heterocycles. The van der Waals surface area contributed by atoms with Crippen molar-refractivity contribution in [3.63, 3.8) is 0 Å². The molecule has 1 amide bonds. The van der Waals surface area contributed by atoms with Crippen LogP contribution >= 0.6 is 22.9 Å². The molecule has 170 valence electrons. The molecule has 0 radical (unpaired) electrons. The van der Waals surface area contributed by atoms with Gasteiger partial charge in [0.15, 0.2) is 5.82 Å². The zero-order chi connectivity index (χ0) is 23.4. The van der Waals surface area contributed by atoms with E-state index in [2.05, 4.69) is 14.8 Å². The van der Waals surface area contributed by atoms with Gasteiger partial charge in [0, 0.05) is 39.3 Å². The Balaban J connectivity index is 1.37. The van der Waals surface area contributed by atoms with E-state index >= 15 is 0 Å². The number of benzene rings is 2. The van der Waals surface area contributed by atoms with Crippen LogP contribution in [0, 0.1) is 6.92 Å². The van der Waals surface area contributed by atoms with Crippen LogP contribution in [-0.2, 0) is 19.4 Å². The molecule has 0 saturated heterocycles. The SMILES string of the molecule is Cc1nnc2n1-c1sc3c(c1C(c1ccc(C(=O)N(C)c4ccc(Cl)cc4)cc1)=NC2)CCC3. The van der Waals surface area contributed by atoms with Crippen molar-refractivity contribution < 1.29 is 4.79 Å². The van der Waals surface area contributed by atoms with Crippen molar-refractivity contribution in [2.24, 2.45) is 4.99 Å². The van der Waals surface area contributed by atoms with E-state index in [1.807, 2.05) is 54.7 Å². The molecule has 4 aromatic rings. The van der Waals surface area contributed by atoms with Gasteiger partial charge in [-0.05, 0) is 68.1 Å². The maximum Gasteiger partial charge on any atom is 0.258 e. The van der Waals surface area contributed by atoms with Crippen LogP contribution in [0.1, 0.15) is 50.0 Å². The van der Waals surface area contributed by atoms with Crippen LogP contribution in [0.5, 0.6) is 0 Å². The minimum Gasteiger partial charge on any atom is -0.311 e. The molecule has 0 fully saturated rings. The second-order valence-electron chi connectivity index (χ2n) is 8.62. The van der Waals surface area contributed by atoms with E-state index in [-0.39, 0.29) is 5.91 Å². The maximum atomic E-state index is 13.1. The molecule has 0 spiro atoms. The van der Waals surface area contributed by atoms with Crippen molar-refractivity contribution in [2.45, 2.75) is 32.7 Å². The van der Waals surface area contributed by atoms with Gasteiger partial charge in [-0.25, -0.2) is 0 Å². The number of hydrogen-bond donors (Lipinski definition) is 0. The lowest BCUT2D eigenvalue weighted by Crippen LogP contribution is -2.26. The third-order valence-corrected chi connectivity index (χ3v) is 8.07. The summed E-state index contributed by atoms with van der Waals surface area (Å²) in [5.41, 5.74) is 6.02. The third-order valence-electron chi connectivity index (χ3n) is 6.54. The van der Waals surface area contributed by atoms with Gasteiger partial charge in [-0.15, -0.1) is 21.5 Å². The summed E-state index contributed by atoms with van der Waals surface area (Å²) >= 11 is 7.83. The summed E-state index contributed by atoms with van der Waals surface area (Å²) in [4.78, 5) is 21.1. The van der Waals surface area contributed by atoms with Gasteiger partial charge in [0.2, 0.25) is 0 Å². The lowest BCUT2D eigenvalue weighted by atomic mass is 9.98. The monoisotopic (exact) mass is 487 g/mol. The van der Waals surface area contributed by atoms with E-state index in [4.69, 9.17) is 16.6 Å². The van der Waals surface area contributed by atoms with Gasteiger partial charge in [0.25, 0.3) is 5.91 Å². The number of fused-ring (bicyclic) bond motifs is 5. The second kappa shape index (κ2) is 8.18. The van der Waals surface area contributed by atoms with Crippen LogP contribution in [0.25, 0.3) is 5.00 Å². The number of hydrogen-bond acceptors (Lipinski definition) is 5. The number of halogens is 1. The molecule has 0 unspecified atom stereocenters. The zero-order valence-corrected chi connectivity index (χ0v) is 20.5. The molecule has 2 aromatic heterocycles. The molecule has 1 aliphatic carbocycles. The first-order valence-electron chi connectivity index (χ1n) is 11.3. The van der Waals surface area contributed by atoms with Crippen LogP contribution in [0.15, 0.2) is 53.5 Å². The summed E-state index contributed by atoms with van der Waals surface area (Å²) in [6.45, 7) is 2.47. The minimum atomic E-state index is -0.0735. The average Bonchev–Trinajstić information content (AvgIpc) is 3.52. The normalized spacial score (nSPS) is 14.1. The van der Waals surface area contributed by atoms with Crippen molar-refractivity contribution in [3.8, 4) is 5.00 Å².